The lowest BCUT2D eigenvalue weighted by molar-refractivity contribution is -0.154. The maximum atomic E-state index is 10.0. The highest BCUT2D eigenvalue weighted by atomic mass is 31.0. The third-order valence-corrected chi connectivity index (χ3v) is 0.809. The van der Waals surface area contributed by atoms with Gasteiger partial charge in [-0.3, -0.25) is 0 Å². The molecule has 0 N–H and O–H groups in total. The fraction of sp³-hybridized carbons (Fsp3) is 0. The van der Waals surface area contributed by atoms with E-state index in [2.05, 4.69) is 9.05 Å². The molecule has 0 rings (SSSR count). The van der Waals surface area contributed by atoms with Crippen LogP contribution in [-0.2, 0) is 18.6 Å². The van der Waals surface area contributed by atoms with Crippen LogP contribution in [0.4, 0.5) is 0 Å². The van der Waals surface area contributed by atoms with Crippen molar-refractivity contribution in [2.45, 2.75) is 0 Å². The second-order valence-corrected chi connectivity index (χ2v) is 1.28. The van der Waals surface area contributed by atoms with Crippen molar-refractivity contribution >= 4 is 30.9 Å². The van der Waals surface area contributed by atoms with Gasteiger partial charge in [0, 0.05) is 0 Å². The molecule has 8 heavy (non-hydrogen) atoms. The van der Waals surface area contributed by atoms with Gasteiger partial charge in [0.1, 0.15) is 0 Å². The van der Waals surface area contributed by atoms with Gasteiger partial charge in [-0.05, 0) is 0 Å². The van der Waals surface area contributed by atoms with E-state index < -0.39 is 11.9 Å². The minimum Gasteiger partial charge on any atom is -0.443 e. The van der Waals surface area contributed by atoms with Crippen molar-refractivity contribution in [1.29, 1.82) is 0 Å². The highest BCUT2D eigenvalue weighted by Crippen LogP contribution is 1.92. The highest BCUT2D eigenvalue weighted by molar-refractivity contribution is 7.12. The standard InChI is InChI=1S/C2H4O4P2/c3-1(5-7)2(4)6-8/h7-8H2. The van der Waals surface area contributed by atoms with Crippen LogP contribution in [0.15, 0.2) is 0 Å². The maximum absolute atomic E-state index is 10.0. The van der Waals surface area contributed by atoms with Gasteiger partial charge in [0.15, 0.2) is 0 Å². The Bertz CT molecular complexity index is 96.6. The summed E-state index contributed by atoms with van der Waals surface area (Å²) in [5.41, 5.74) is 0. The smallest absolute Gasteiger partial charge is 0.419 e. The molecule has 0 aromatic carbocycles. The first-order valence-corrected chi connectivity index (χ1v) is 2.48. The van der Waals surface area contributed by atoms with Gasteiger partial charge < -0.3 is 9.05 Å². The predicted octanol–water partition coefficient (Wildman–Crippen LogP) is -0.347. The Morgan fingerprint density at radius 1 is 1.00 bits per heavy atom. The van der Waals surface area contributed by atoms with Crippen LogP contribution < -0.4 is 0 Å². The van der Waals surface area contributed by atoms with Crippen LogP contribution in [-0.4, -0.2) is 11.9 Å². The van der Waals surface area contributed by atoms with E-state index >= 15 is 0 Å². The van der Waals surface area contributed by atoms with Crippen molar-refractivity contribution in [3.05, 3.63) is 0 Å². The minimum atomic E-state index is -1.04. The number of carbonyl (C=O) groups excluding carboxylic acids is 2. The number of hydrogen-bond donors (Lipinski definition) is 0. The molecule has 0 aliphatic heterocycles. The molecule has 0 heterocycles. The Balaban J connectivity index is 3.64. The number of hydrogen-bond acceptors (Lipinski definition) is 4. The van der Waals surface area contributed by atoms with Crippen LogP contribution in [0, 0.1) is 0 Å². The fourth-order valence-electron chi connectivity index (χ4n) is 0.0962. The zero-order valence-electron chi connectivity index (χ0n) is 3.79. The molecule has 0 aromatic rings. The highest BCUT2D eigenvalue weighted by Gasteiger charge is 2.12. The van der Waals surface area contributed by atoms with Crippen molar-refractivity contribution in [2.75, 3.05) is 0 Å². The molecule has 0 aliphatic rings. The van der Waals surface area contributed by atoms with E-state index in [0.717, 1.165) is 0 Å². The monoisotopic (exact) mass is 154 g/mol. The van der Waals surface area contributed by atoms with Gasteiger partial charge in [0.25, 0.3) is 0 Å². The molecule has 0 fully saturated rings. The molecule has 46 valence electrons. The lowest BCUT2D eigenvalue weighted by Crippen LogP contribution is -2.12. The quantitative estimate of drug-likeness (QED) is 0.353. The summed E-state index contributed by atoms with van der Waals surface area (Å²) in [5.74, 6) is -2.07. The number of carbonyl (C=O) groups is 2. The summed E-state index contributed by atoms with van der Waals surface area (Å²) in [7, 11) is 3.26. The Hall–Kier alpha value is -0.200. The molecule has 0 saturated carbocycles. The van der Waals surface area contributed by atoms with E-state index in [1.54, 1.807) is 18.9 Å². The van der Waals surface area contributed by atoms with E-state index in [1.165, 1.54) is 0 Å². The molecule has 2 atom stereocenters. The van der Waals surface area contributed by atoms with Crippen molar-refractivity contribution in [3.63, 3.8) is 0 Å². The molecule has 0 aliphatic carbocycles. The normalized spacial score (nSPS) is 7.75. The summed E-state index contributed by atoms with van der Waals surface area (Å²) >= 11 is 0. The zero-order chi connectivity index (χ0) is 6.57. The average Bonchev–Trinajstić information content (AvgIpc) is 1.84. The van der Waals surface area contributed by atoms with Crippen molar-refractivity contribution in [3.8, 4) is 0 Å². The number of rotatable bonds is 0. The van der Waals surface area contributed by atoms with Crippen molar-refractivity contribution in [1.82, 2.24) is 0 Å². The Kier molecular flexibility index (Phi) is 3.67. The molecule has 0 aromatic heterocycles. The van der Waals surface area contributed by atoms with Crippen molar-refractivity contribution < 1.29 is 18.6 Å². The van der Waals surface area contributed by atoms with E-state index in [4.69, 9.17) is 0 Å². The van der Waals surface area contributed by atoms with Crippen LogP contribution in [0.1, 0.15) is 0 Å². The summed E-state index contributed by atoms with van der Waals surface area (Å²) in [6.07, 6.45) is 0. The van der Waals surface area contributed by atoms with Gasteiger partial charge in [0.05, 0.1) is 18.9 Å². The lowest BCUT2D eigenvalue weighted by atomic mass is 10.7. The Morgan fingerprint density at radius 2 is 1.25 bits per heavy atom. The predicted molar refractivity (Wildman–Crippen MR) is 31.6 cm³/mol. The third kappa shape index (κ3) is 2.20. The summed E-state index contributed by atoms with van der Waals surface area (Å²) < 4.78 is 7.79. The maximum Gasteiger partial charge on any atom is 0.419 e. The summed E-state index contributed by atoms with van der Waals surface area (Å²) in [6.45, 7) is 0. The van der Waals surface area contributed by atoms with E-state index in [-0.39, 0.29) is 0 Å². The molecule has 0 spiro atoms. The minimum absolute atomic E-state index is 1.04. The van der Waals surface area contributed by atoms with E-state index in [1.807, 2.05) is 0 Å². The molecule has 0 bridgehead atoms. The molecule has 2 unspecified atom stereocenters. The third-order valence-electron chi connectivity index (χ3n) is 0.381. The van der Waals surface area contributed by atoms with Crippen LogP contribution in [0.25, 0.3) is 0 Å². The van der Waals surface area contributed by atoms with Crippen LogP contribution in [0.2, 0.25) is 0 Å². The van der Waals surface area contributed by atoms with Crippen molar-refractivity contribution in [2.24, 2.45) is 0 Å². The molecule has 0 saturated heterocycles. The second-order valence-electron chi connectivity index (χ2n) is 0.811. The van der Waals surface area contributed by atoms with Gasteiger partial charge in [-0.2, -0.15) is 0 Å². The Morgan fingerprint density at radius 3 is 1.38 bits per heavy atom. The first kappa shape index (κ1) is 7.80. The Labute approximate surface area is 50.5 Å². The zero-order valence-corrected chi connectivity index (χ0v) is 6.10. The largest absolute Gasteiger partial charge is 0.443 e. The average molecular weight is 154 g/mol. The van der Waals surface area contributed by atoms with E-state index in [9.17, 15) is 9.59 Å². The fourth-order valence-corrected chi connectivity index (χ4v) is 0.289. The molecule has 0 radical (unpaired) electrons. The summed E-state index contributed by atoms with van der Waals surface area (Å²) in [4.78, 5) is 20.0. The van der Waals surface area contributed by atoms with Crippen LogP contribution >= 0.6 is 18.9 Å². The first-order valence-electron chi connectivity index (χ1n) is 1.54. The van der Waals surface area contributed by atoms with Gasteiger partial charge in [-0.25, -0.2) is 9.59 Å². The molecule has 6 heteroatoms. The summed E-state index contributed by atoms with van der Waals surface area (Å²) in [6, 6.07) is 0. The van der Waals surface area contributed by atoms with Crippen LogP contribution in [0.5, 0.6) is 0 Å². The van der Waals surface area contributed by atoms with Gasteiger partial charge in [0.2, 0.25) is 0 Å². The van der Waals surface area contributed by atoms with Gasteiger partial charge >= 0.3 is 11.9 Å². The molecule has 4 nitrogen and oxygen atoms in total. The molecular formula is C2H4O4P2. The van der Waals surface area contributed by atoms with Gasteiger partial charge in [-0.1, -0.05) is 0 Å². The summed E-state index contributed by atoms with van der Waals surface area (Å²) in [5, 5.41) is 0. The molecule has 0 amide bonds. The molecular weight excluding hydrogens is 150 g/mol. The topological polar surface area (TPSA) is 52.6 Å². The van der Waals surface area contributed by atoms with E-state index in [0.29, 0.717) is 0 Å². The van der Waals surface area contributed by atoms with Gasteiger partial charge in [-0.15, -0.1) is 0 Å². The van der Waals surface area contributed by atoms with Crippen LogP contribution in [0.3, 0.4) is 0 Å². The first-order chi connectivity index (χ1) is 3.72. The lowest BCUT2D eigenvalue weighted by Gasteiger charge is -1.91. The second kappa shape index (κ2) is 3.76. The SMILES string of the molecule is O=C(OP)C(=O)OP.